The van der Waals surface area contributed by atoms with Crippen molar-refractivity contribution in [1.29, 1.82) is 0 Å². The Bertz CT molecular complexity index is 1450. The van der Waals surface area contributed by atoms with Crippen molar-refractivity contribution in [3.05, 3.63) is 95.8 Å². The zero-order valence-corrected chi connectivity index (χ0v) is 21.1. The predicted octanol–water partition coefficient (Wildman–Crippen LogP) is 3.11. The van der Waals surface area contributed by atoms with E-state index < -0.39 is 11.9 Å². The van der Waals surface area contributed by atoms with Gasteiger partial charge in [0.25, 0.3) is 5.91 Å². The largest absolute Gasteiger partial charge is 0.363 e. The Morgan fingerprint density at radius 2 is 1.95 bits per heavy atom. The van der Waals surface area contributed by atoms with Crippen LogP contribution in [0.25, 0.3) is 0 Å². The van der Waals surface area contributed by atoms with Crippen molar-refractivity contribution in [3.63, 3.8) is 0 Å². The molecule has 0 spiro atoms. The fourth-order valence-corrected chi connectivity index (χ4v) is 5.74. The highest BCUT2D eigenvalue weighted by molar-refractivity contribution is 7.99. The summed E-state index contributed by atoms with van der Waals surface area (Å²) < 4.78 is 1.62. The summed E-state index contributed by atoms with van der Waals surface area (Å²) in [6.07, 6.45) is 5.26. The summed E-state index contributed by atoms with van der Waals surface area (Å²) in [6.45, 7) is 2.11. The molecule has 9 nitrogen and oxygen atoms in total. The molecule has 4 aromatic rings. The second kappa shape index (κ2) is 9.70. The van der Waals surface area contributed by atoms with Gasteiger partial charge in [-0.3, -0.25) is 14.6 Å². The number of amides is 2. The molecule has 6 rings (SSSR count). The van der Waals surface area contributed by atoms with Crippen molar-refractivity contribution in [3.8, 4) is 0 Å². The molecule has 0 bridgehead atoms. The third-order valence-electron chi connectivity index (χ3n) is 6.66. The highest BCUT2D eigenvalue weighted by Gasteiger charge is 2.31. The van der Waals surface area contributed by atoms with Crippen LogP contribution in [0, 0.1) is 0 Å². The van der Waals surface area contributed by atoms with E-state index in [4.69, 9.17) is 0 Å². The molecule has 2 aliphatic rings. The molecule has 1 atom stereocenters. The predicted molar refractivity (Wildman–Crippen MR) is 142 cm³/mol. The molecule has 2 aromatic carbocycles. The van der Waals surface area contributed by atoms with Crippen LogP contribution in [0.3, 0.4) is 0 Å². The van der Waals surface area contributed by atoms with Crippen LogP contribution in [0.2, 0.25) is 0 Å². The summed E-state index contributed by atoms with van der Waals surface area (Å²) in [5.41, 5.74) is 5.43. The maximum atomic E-state index is 13.4. The van der Waals surface area contributed by atoms with Crippen LogP contribution in [0.4, 0.5) is 11.4 Å². The Kier molecular flexibility index (Phi) is 6.09. The molecule has 2 aliphatic heterocycles. The molecule has 10 heteroatoms. The third kappa shape index (κ3) is 4.67. The van der Waals surface area contributed by atoms with Crippen molar-refractivity contribution in [2.45, 2.75) is 30.6 Å². The number of hydrogen-bond acceptors (Lipinski definition) is 7. The van der Waals surface area contributed by atoms with Crippen molar-refractivity contribution in [2.24, 2.45) is 0 Å². The van der Waals surface area contributed by atoms with Gasteiger partial charge in [0.1, 0.15) is 12.4 Å². The average molecular weight is 512 g/mol. The molecule has 0 saturated carbocycles. The van der Waals surface area contributed by atoms with Crippen LogP contribution in [0.5, 0.6) is 0 Å². The third-order valence-corrected chi connectivity index (χ3v) is 7.82. The first-order chi connectivity index (χ1) is 18.0. The second-order valence-electron chi connectivity index (χ2n) is 9.14. The number of hydrogen-bond donors (Lipinski definition) is 1. The Labute approximate surface area is 218 Å². The minimum atomic E-state index is -0.693. The lowest BCUT2D eigenvalue weighted by Gasteiger charge is -2.24. The van der Waals surface area contributed by atoms with E-state index in [1.54, 1.807) is 28.4 Å². The molecule has 2 aromatic heterocycles. The minimum absolute atomic E-state index is 0.0449. The van der Waals surface area contributed by atoms with Crippen LogP contribution < -0.4 is 15.1 Å². The maximum Gasteiger partial charge on any atom is 0.291 e. The number of likely N-dealkylation sites (N-methyl/N-ethyl adjacent to an activating group) is 1. The minimum Gasteiger partial charge on any atom is -0.363 e. The highest BCUT2D eigenvalue weighted by Crippen LogP contribution is 2.38. The number of aromatic nitrogens is 4. The van der Waals surface area contributed by atoms with Crippen molar-refractivity contribution < 1.29 is 9.59 Å². The number of rotatable bonds is 5. The maximum absolute atomic E-state index is 13.4. The first kappa shape index (κ1) is 23.2. The van der Waals surface area contributed by atoms with E-state index in [2.05, 4.69) is 49.5 Å². The Balaban J connectivity index is 1.14. The van der Waals surface area contributed by atoms with Crippen molar-refractivity contribution in [1.82, 2.24) is 25.1 Å². The topological polar surface area (TPSA) is 96.2 Å². The number of fused-ring (bicyclic) bond motifs is 2. The van der Waals surface area contributed by atoms with Crippen LogP contribution in [-0.2, 0) is 24.4 Å². The molecule has 0 saturated heterocycles. The summed E-state index contributed by atoms with van der Waals surface area (Å²) >= 11 is 1.56. The fourth-order valence-electron chi connectivity index (χ4n) is 4.66. The van der Waals surface area contributed by atoms with Gasteiger partial charge < -0.3 is 15.1 Å². The lowest BCUT2D eigenvalue weighted by atomic mass is 10.2. The van der Waals surface area contributed by atoms with Gasteiger partial charge in [0, 0.05) is 48.9 Å². The van der Waals surface area contributed by atoms with Gasteiger partial charge in [-0.05, 0) is 41.0 Å². The first-order valence-electron chi connectivity index (χ1n) is 12.0. The van der Waals surface area contributed by atoms with Gasteiger partial charge in [0.05, 0.1) is 12.2 Å². The van der Waals surface area contributed by atoms with E-state index in [0.717, 1.165) is 34.9 Å². The number of nitrogens with one attached hydrogen (secondary N) is 1. The lowest BCUT2D eigenvalue weighted by Crippen LogP contribution is -2.48. The number of thioether (sulfide) groups is 1. The Morgan fingerprint density at radius 1 is 1.11 bits per heavy atom. The summed E-state index contributed by atoms with van der Waals surface area (Å²) in [5.74, 6) is -0.167. The van der Waals surface area contributed by atoms with E-state index in [9.17, 15) is 9.59 Å². The molecular formula is C27H25N7O2S. The number of carbonyl (C=O) groups excluding carboxylic acids is 2. The Hall–Kier alpha value is -4.18. The highest BCUT2D eigenvalue weighted by atomic mass is 32.2. The van der Waals surface area contributed by atoms with Crippen molar-refractivity contribution >= 4 is 35.0 Å². The van der Waals surface area contributed by atoms with Crippen molar-refractivity contribution in [2.75, 3.05) is 22.6 Å². The van der Waals surface area contributed by atoms with Crippen LogP contribution in [-0.4, -0.2) is 50.4 Å². The molecule has 37 heavy (non-hydrogen) atoms. The van der Waals surface area contributed by atoms with E-state index in [-0.39, 0.29) is 11.7 Å². The van der Waals surface area contributed by atoms with Gasteiger partial charge in [0.2, 0.25) is 11.7 Å². The van der Waals surface area contributed by atoms with Gasteiger partial charge in [-0.25, -0.2) is 9.67 Å². The van der Waals surface area contributed by atoms with Crippen LogP contribution >= 0.6 is 11.8 Å². The van der Waals surface area contributed by atoms with E-state index >= 15 is 0 Å². The molecule has 1 N–H and O–H groups in total. The van der Waals surface area contributed by atoms with Gasteiger partial charge >= 0.3 is 0 Å². The van der Waals surface area contributed by atoms with Crippen LogP contribution in [0.1, 0.15) is 27.3 Å². The first-order valence-corrected chi connectivity index (χ1v) is 13.0. The average Bonchev–Trinajstić information content (AvgIpc) is 3.55. The summed E-state index contributed by atoms with van der Waals surface area (Å²) in [4.78, 5) is 39.6. The second-order valence-corrected chi connectivity index (χ2v) is 10.2. The number of carbonyl (C=O) groups is 2. The fraction of sp³-hybridized carbons (Fsp3) is 0.222. The molecular weight excluding hydrogens is 486 g/mol. The van der Waals surface area contributed by atoms with Gasteiger partial charge in [-0.2, -0.15) is 0 Å². The molecule has 0 fully saturated rings. The lowest BCUT2D eigenvalue weighted by molar-refractivity contribution is -0.119. The number of anilines is 2. The molecule has 0 radical (unpaired) electrons. The summed E-state index contributed by atoms with van der Waals surface area (Å²) in [7, 11) is 1.76. The molecule has 4 heterocycles. The SMILES string of the molecule is CN1C(=O)[C@@H](NC(=O)c2ncn(Cc3ccccc3)n2)CSc2ccc(N3Cc4ccncc4C3)cc21. The van der Waals surface area contributed by atoms with Gasteiger partial charge in [-0.15, -0.1) is 16.9 Å². The summed E-state index contributed by atoms with van der Waals surface area (Å²) in [5, 5.41) is 7.14. The quantitative estimate of drug-likeness (QED) is 0.440. The summed E-state index contributed by atoms with van der Waals surface area (Å²) in [6, 6.07) is 17.4. The monoisotopic (exact) mass is 511 g/mol. The Morgan fingerprint density at radius 3 is 2.78 bits per heavy atom. The number of nitrogens with zero attached hydrogens (tertiary/aromatic N) is 6. The standard InChI is InChI=1S/C27H25N7O2S/c1-32-23-11-21(33-14-19-9-10-28-12-20(19)15-33)7-8-24(23)37-16-22(27(32)36)30-26(35)25-29-17-34(31-25)13-18-5-3-2-4-6-18/h2-12,17,22H,13-16H2,1H3,(H,30,35)/t22-/m0/s1. The van der Waals surface area contributed by atoms with E-state index in [1.807, 2.05) is 42.7 Å². The molecule has 0 unspecified atom stereocenters. The molecule has 0 aliphatic carbocycles. The zero-order chi connectivity index (χ0) is 25.4. The number of pyridine rings is 1. The zero-order valence-electron chi connectivity index (χ0n) is 20.2. The van der Waals surface area contributed by atoms with E-state index in [1.165, 1.54) is 17.5 Å². The number of benzene rings is 2. The van der Waals surface area contributed by atoms with Crippen LogP contribution in [0.15, 0.2) is 78.2 Å². The normalized spacial score (nSPS) is 16.8. The van der Waals surface area contributed by atoms with E-state index in [0.29, 0.717) is 12.3 Å². The smallest absolute Gasteiger partial charge is 0.291 e. The molecule has 186 valence electrons. The molecule has 2 amide bonds. The van der Waals surface area contributed by atoms with Gasteiger partial charge in [-0.1, -0.05) is 30.3 Å². The van der Waals surface area contributed by atoms with Gasteiger partial charge in [0.15, 0.2) is 0 Å².